The van der Waals surface area contributed by atoms with Crippen LogP contribution in [-0.2, 0) is 11.3 Å². The van der Waals surface area contributed by atoms with E-state index >= 15 is 0 Å². The van der Waals surface area contributed by atoms with Crippen molar-refractivity contribution in [2.45, 2.75) is 33.0 Å². The maximum absolute atomic E-state index is 11.4. The Morgan fingerprint density at radius 3 is 2.53 bits per heavy atom. The molecule has 1 aromatic rings. The zero-order valence-electron chi connectivity index (χ0n) is 10.9. The van der Waals surface area contributed by atoms with Crippen LogP contribution in [0.3, 0.4) is 0 Å². The molecular formula is C12H15NO6. The topological polar surface area (TPSA) is 98.9 Å². The van der Waals surface area contributed by atoms with E-state index < -0.39 is 22.4 Å². The second-order valence-electron chi connectivity index (χ2n) is 4.78. The molecule has 0 spiro atoms. The Morgan fingerprint density at radius 1 is 1.42 bits per heavy atom. The smallest absolute Gasteiger partial charge is 0.428 e. The van der Waals surface area contributed by atoms with Crippen LogP contribution in [0.2, 0.25) is 0 Å². The van der Waals surface area contributed by atoms with E-state index in [4.69, 9.17) is 14.6 Å². The summed E-state index contributed by atoms with van der Waals surface area (Å²) in [6.07, 6.45) is -1.02. The molecule has 0 saturated carbocycles. The third kappa shape index (κ3) is 4.55. The number of benzene rings is 1. The highest BCUT2D eigenvalue weighted by Gasteiger charge is 2.23. The average molecular weight is 269 g/mol. The van der Waals surface area contributed by atoms with Gasteiger partial charge in [0.25, 0.3) is 0 Å². The minimum absolute atomic E-state index is 0.226. The van der Waals surface area contributed by atoms with Gasteiger partial charge in [0.2, 0.25) is 5.75 Å². The number of hydrogen-bond donors (Lipinski definition) is 1. The minimum atomic E-state index is -1.02. The SMILES string of the molecule is CC(C)(C)OC(=O)Oc1ccc(CO)cc1[N+](=O)[O-]. The van der Waals surface area contributed by atoms with Gasteiger partial charge in [-0.2, -0.15) is 0 Å². The van der Waals surface area contributed by atoms with Crippen LogP contribution in [0.5, 0.6) is 5.75 Å². The van der Waals surface area contributed by atoms with Crippen LogP contribution in [0.1, 0.15) is 26.3 Å². The molecule has 104 valence electrons. The molecule has 7 nitrogen and oxygen atoms in total. The first-order chi connectivity index (χ1) is 8.73. The lowest BCUT2D eigenvalue weighted by molar-refractivity contribution is -0.385. The molecule has 0 unspecified atom stereocenters. The molecule has 7 heteroatoms. The van der Waals surface area contributed by atoms with E-state index in [-0.39, 0.29) is 12.4 Å². The van der Waals surface area contributed by atoms with E-state index in [9.17, 15) is 14.9 Å². The van der Waals surface area contributed by atoms with Crippen molar-refractivity contribution < 1.29 is 24.3 Å². The summed E-state index contributed by atoms with van der Waals surface area (Å²) in [6, 6.07) is 3.81. The number of aliphatic hydroxyl groups is 1. The lowest BCUT2D eigenvalue weighted by Gasteiger charge is -2.18. The largest absolute Gasteiger partial charge is 0.514 e. The van der Waals surface area contributed by atoms with E-state index in [1.54, 1.807) is 20.8 Å². The van der Waals surface area contributed by atoms with Gasteiger partial charge in [-0.05, 0) is 32.4 Å². The van der Waals surface area contributed by atoms with E-state index in [2.05, 4.69) is 0 Å². The van der Waals surface area contributed by atoms with Gasteiger partial charge >= 0.3 is 11.8 Å². The first kappa shape index (κ1) is 14.9. The molecule has 0 aromatic heterocycles. The average Bonchev–Trinajstić information content (AvgIpc) is 2.26. The number of nitro groups is 1. The van der Waals surface area contributed by atoms with Crippen molar-refractivity contribution in [1.29, 1.82) is 0 Å². The van der Waals surface area contributed by atoms with Crippen molar-refractivity contribution in [3.8, 4) is 5.75 Å². The summed E-state index contributed by atoms with van der Waals surface area (Å²) < 4.78 is 9.70. The zero-order chi connectivity index (χ0) is 14.6. The molecule has 0 bridgehead atoms. The van der Waals surface area contributed by atoms with E-state index in [1.165, 1.54) is 12.1 Å². The van der Waals surface area contributed by atoms with E-state index in [0.717, 1.165) is 6.07 Å². The summed E-state index contributed by atoms with van der Waals surface area (Å²) in [5, 5.41) is 19.8. The van der Waals surface area contributed by atoms with Crippen molar-refractivity contribution in [2.75, 3.05) is 0 Å². The van der Waals surface area contributed by atoms with E-state index in [0.29, 0.717) is 5.56 Å². The summed E-state index contributed by atoms with van der Waals surface area (Å²) >= 11 is 0. The second-order valence-corrected chi connectivity index (χ2v) is 4.78. The lowest BCUT2D eigenvalue weighted by Crippen LogP contribution is -2.26. The van der Waals surface area contributed by atoms with Gasteiger partial charge in [0, 0.05) is 6.07 Å². The number of hydrogen-bond acceptors (Lipinski definition) is 6. The molecule has 0 aliphatic rings. The fourth-order valence-corrected chi connectivity index (χ4v) is 1.25. The fourth-order valence-electron chi connectivity index (χ4n) is 1.25. The van der Waals surface area contributed by atoms with Crippen LogP contribution in [0.4, 0.5) is 10.5 Å². The molecule has 0 aliphatic heterocycles. The number of carbonyl (C=O) groups excluding carboxylic acids is 1. The minimum Gasteiger partial charge on any atom is -0.428 e. The molecule has 0 saturated heterocycles. The lowest BCUT2D eigenvalue weighted by atomic mass is 10.2. The highest BCUT2D eigenvalue weighted by Crippen LogP contribution is 2.28. The third-order valence-electron chi connectivity index (χ3n) is 1.99. The highest BCUT2D eigenvalue weighted by atomic mass is 16.7. The molecule has 0 aliphatic carbocycles. The van der Waals surface area contributed by atoms with Crippen molar-refractivity contribution >= 4 is 11.8 Å². The molecule has 0 atom stereocenters. The van der Waals surface area contributed by atoms with Gasteiger partial charge in [0.15, 0.2) is 0 Å². The maximum atomic E-state index is 11.4. The van der Waals surface area contributed by atoms with Crippen molar-refractivity contribution in [2.24, 2.45) is 0 Å². The van der Waals surface area contributed by atoms with Crippen molar-refractivity contribution in [3.05, 3.63) is 33.9 Å². The van der Waals surface area contributed by atoms with E-state index in [1.807, 2.05) is 0 Å². The molecule has 1 N–H and O–H groups in total. The third-order valence-corrected chi connectivity index (χ3v) is 1.99. The second kappa shape index (κ2) is 5.66. The first-order valence-corrected chi connectivity index (χ1v) is 5.52. The first-order valence-electron chi connectivity index (χ1n) is 5.52. The van der Waals surface area contributed by atoms with Gasteiger partial charge in [0.1, 0.15) is 5.60 Å². The van der Waals surface area contributed by atoms with Crippen LogP contribution >= 0.6 is 0 Å². The Hall–Kier alpha value is -2.15. The normalized spacial score (nSPS) is 10.9. The Morgan fingerprint density at radius 2 is 2.05 bits per heavy atom. The molecule has 0 fully saturated rings. The monoisotopic (exact) mass is 269 g/mol. The Balaban J connectivity index is 2.95. The van der Waals surface area contributed by atoms with Crippen molar-refractivity contribution in [3.63, 3.8) is 0 Å². The van der Waals surface area contributed by atoms with Gasteiger partial charge in [-0.3, -0.25) is 10.1 Å². The summed E-state index contributed by atoms with van der Waals surface area (Å²) in [4.78, 5) is 21.6. The number of aliphatic hydroxyl groups excluding tert-OH is 1. The molecule has 1 aromatic carbocycles. The summed E-state index contributed by atoms with van der Waals surface area (Å²) in [6.45, 7) is 4.61. The van der Waals surface area contributed by atoms with Crippen LogP contribution in [0.25, 0.3) is 0 Å². The van der Waals surface area contributed by atoms with Gasteiger partial charge in [-0.1, -0.05) is 6.07 Å². The van der Waals surface area contributed by atoms with Crippen LogP contribution in [0.15, 0.2) is 18.2 Å². The number of carbonyl (C=O) groups is 1. The molecule has 1 rings (SSSR count). The van der Waals surface area contributed by atoms with Crippen LogP contribution in [0, 0.1) is 10.1 Å². The standard InChI is InChI=1S/C12H15NO6/c1-12(2,3)19-11(15)18-10-5-4-8(7-14)6-9(10)13(16)17/h4-6,14H,7H2,1-3H3. The summed E-state index contributed by atoms with van der Waals surface area (Å²) in [5.41, 5.74) is -0.808. The number of nitrogens with zero attached hydrogens (tertiary/aromatic N) is 1. The Bertz CT molecular complexity index is 491. The predicted octanol–water partition coefficient (Wildman–Crippen LogP) is 2.40. The maximum Gasteiger partial charge on any atom is 0.514 e. The summed E-state index contributed by atoms with van der Waals surface area (Å²) in [5.74, 6) is -0.226. The zero-order valence-corrected chi connectivity index (χ0v) is 10.9. The number of ether oxygens (including phenoxy) is 2. The highest BCUT2D eigenvalue weighted by molar-refractivity contribution is 5.67. The molecular weight excluding hydrogens is 254 g/mol. The predicted molar refractivity (Wildman–Crippen MR) is 65.9 cm³/mol. The summed E-state index contributed by atoms with van der Waals surface area (Å²) in [7, 11) is 0. The fraction of sp³-hybridized carbons (Fsp3) is 0.417. The van der Waals surface area contributed by atoms with Crippen molar-refractivity contribution in [1.82, 2.24) is 0 Å². The quantitative estimate of drug-likeness (QED) is 0.391. The van der Waals surface area contributed by atoms with Crippen LogP contribution in [-0.4, -0.2) is 21.8 Å². The number of nitro benzene ring substituents is 1. The molecule has 0 radical (unpaired) electrons. The Kier molecular flexibility index (Phi) is 4.44. The van der Waals surface area contributed by atoms with Crippen LogP contribution < -0.4 is 4.74 Å². The molecule has 19 heavy (non-hydrogen) atoms. The number of rotatable bonds is 3. The molecule has 0 heterocycles. The Labute approximate surface area is 109 Å². The molecule has 0 amide bonds. The van der Waals surface area contributed by atoms with Gasteiger partial charge in [-0.15, -0.1) is 0 Å². The van der Waals surface area contributed by atoms with Gasteiger partial charge < -0.3 is 14.6 Å². The van der Waals surface area contributed by atoms with Gasteiger partial charge in [0.05, 0.1) is 11.5 Å². The van der Waals surface area contributed by atoms with Gasteiger partial charge in [-0.25, -0.2) is 4.79 Å².